The second-order valence-corrected chi connectivity index (χ2v) is 5.83. The van der Waals surface area contributed by atoms with E-state index >= 15 is 0 Å². The van der Waals surface area contributed by atoms with Gasteiger partial charge in [0, 0.05) is 0 Å². The average Bonchev–Trinajstić information content (AvgIpc) is 2.68. The zero-order chi connectivity index (χ0) is 18.5. The first kappa shape index (κ1) is 19.6. The van der Waals surface area contributed by atoms with Crippen LogP contribution in [0.5, 0.6) is 11.5 Å². The summed E-state index contributed by atoms with van der Waals surface area (Å²) >= 11 is 0. The van der Waals surface area contributed by atoms with Gasteiger partial charge in [-0.1, -0.05) is 24.3 Å². The van der Waals surface area contributed by atoms with Gasteiger partial charge in [-0.3, -0.25) is 0 Å². The highest BCUT2D eigenvalue weighted by atomic mass is 16.5. The number of rotatable bonds is 11. The van der Waals surface area contributed by atoms with Crippen LogP contribution in [-0.2, 0) is 4.74 Å². The Kier molecular flexibility index (Phi) is 8.84. The Morgan fingerprint density at radius 2 is 1.54 bits per heavy atom. The number of hydrogen-bond acceptors (Lipinski definition) is 4. The van der Waals surface area contributed by atoms with E-state index in [-0.39, 0.29) is 5.97 Å². The normalized spacial score (nSPS) is 10.7. The lowest BCUT2D eigenvalue weighted by Crippen LogP contribution is -2.08. The lowest BCUT2D eigenvalue weighted by atomic mass is 10.2. The summed E-state index contributed by atoms with van der Waals surface area (Å²) in [7, 11) is 0. The summed E-state index contributed by atoms with van der Waals surface area (Å²) in [5.74, 6) is 0.925. The third kappa shape index (κ3) is 7.43. The van der Waals surface area contributed by atoms with Gasteiger partial charge in [-0.15, -0.1) is 0 Å². The predicted octanol–water partition coefficient (Wildman–Crippen LogP) is 5.40. The Morgan fingerprint density at radius 1 is 0.846 bits per heavy atom. The Morgan fingerprint density at radius 3 is 2.23 bits per heavy atom. The van der Waals surface area contributed by atoms with Crippen LogP contribution in [0.1, 0.15) is 43.0 Å². The summed E-state index contributed by atoms with van der Waals surface area (Å²) in [6.07, 6.45) is 7.92. The Labute approximate surface area is 155 Å². The third-order valence-electron chi connectivity index (χ3n) is 3.70. The van der Waals surface area contributed by atoms with Crippen molar-refractivity contribution in [3.8, 4) is 11.5 Å². The highest BCUT2D eigenvalue weighted by molar-refractivity contribution is 5.91. The van der Waals surface area contributed by atoms with Gasteiger partial charge in [-0.2, -0.15) is 0 Å². The molecule has 0 heterocycles. The van der Waals surface area contributed by atoms with Gasteiger partial charge in [-0.05, 0) is 69.0 Å². The molecule has 4 heteroatoms. The van der Waals surface area contributed by atoms with Gasteiger partial charge in [0.25, 0.3) is 0 Å². The van der Waals surface area contributed by atoms with E-state index in [4.69, 9.17) is 14.2 Å². The van der Waals surface area contributed by atoms with Crippen molar-refractivity contribution in [1.82, 2.24) is 0 Å². The molecule has 138 valence electrons. The molecule has 0 bridgehead atoms. The van der Waals surface area contributed by atoms with Crippen molar-refractivity contribution < 1.29 is 19.0 Å². The first-order valence-corrected chi connectivity index (χ1v) is 9.02. The molecule has 0 spiro atoms. The maximum absolute atomic E-state index is 12.1. The number of allylic oxidation sites excluding steroid dienone is 1. The van der Waals surface area contributed by atoms with Gasteiger partial charge >= 0.3 is 5.97 Å². The predicted molar refractivity (Wildman–Crippen MR) is 103 cm³/mol. The van der Waals surface area contributed by atoms with Crippen molar-refractivity contribution in [2.45, 2.75) is 32.6 Å². The van der Waals surface area contributed by atoms with Crippen LogP contribution in [0.15, 0.2) is 66.9 Å². The molecule has 0 atom stereocenters. The first-order chi connectivity index (χ1) is 12.8. The van der Waals surface area contributed by atoms with E-state index in [1.165, 1.54) is 0 Å². The minimum atomic E-state index is -0.372. The zero-order valence-corrected chi connectivity index (χ0v) is 15.2. The summed E-state index contributed by atoms with van der Waals surface area (Å²) < 4.78 is 16.3. The Balaban J connectivity index is 1.63. The molecule has 0 aliphatic heterocycles. The number of carbonyl (C=O) groups is 1. The van der Waals surface area contributed by atoms with E-state index in [0.29, 0.717) is 17.9 Å². The number of benzene rings is 2. The van der Waals surface area contributed by atoms with Crippen LogP contribution in [0.2, 0.25) is 0 Å². The van der Waals surface area contributed by atoms with Crippen molar-refractivity contribution in [3.63, 3.8) is 0 Å². The molecule has 2 aromatic carbocycles. The minimum absolute atomic E-state index is 0.372. The molecule has 0 fully saturated rings. The molecule has 0 saturated carbocycles. The molecule has 2 rings (SSSR count). The first-order valence-electron chi connectivity index (χ1n) is 9.02. The smallest absolute Gasteiger partial charge is 0.343 e. The topological polar surface area (TPSA) is 44.8 Å². The van der Waals surface area contributed by atoms with Gasteiger partial charge in [0.05, 0.1) is 25.0 Å². The minimum Gasteiger partial charge on any atom is -0.502 e. The van der Waals surface area contributed by atoms with E-state index in [2.05, 4.69) is 0 Å². The van der Waals surface area contributed by atoms with Gasteiger partial charge in [-0.25, -0.2) is 4.79 Å². The van der Waals surface area contributed by atoms with Crippen LogP contribution in [0.25, 0.3) is 0 Å². The quantitative estimate of drug-likeness (QED) is 0.235. The number of carbonyl (C=O) groups excluding carboxylic acids is 1. The molecular formula is C22H26O4. The van der Waals surface area contributed by atoms with Crippen LogP contribution >= 0.6 is 0 Å². The van der Waals surface area contributed by atoms with Crippen LogP contribution < -0.4 is 9.47 Å². The van der Waals surface area contributed by atoms with Crippen LogP contribution in [0.3, 0.4) is 0 Å². The largest absolute Gasteiger partial charge is 0.502 e. The molecule has 0 radical (unpaired) electrons. The summed E-state index contributed by atoms with van der Waals surface area (Å²) in [5, 5.41) is 0. The lowest BCUT2D eigenvalue weighted by molar-refractivity contribution is 0.0734. The molecule has 0 unspecified atom stereocenters. The Hall–Kier alpha value is -2.75. The van der Waals surface area contributed by atoms with Crippen molar-refractivity contribution in [1.29, 1.82) is 0 Å². The summed E-state index contributed by atoms with van der Waals surface area (Å²) in [6.45, 7) is 3.38. The number of unbranched alkanes of at least 4 members (excludes halogenated alkanes) is 3. The molecule has 2 aromatic rings. The molecule has 0 aliphatic carbocycles. The van der Waals surface area contributed by atoms with Crippen molar-refractivity contribution >= 4 is 5.97 Å². The van der Waals surface area contributed by atoms with Crippen molar-refractivity contribution in [2.24, 2.45) is 0 Å². The number of hydrogen-bond donors (Lipinski definition) is 0. The summed E-state index contributed by atoms with van der Waals surface area (Å²) in [4.78, 5) is 12.1. The number of para-hydroxylation sites is 1. The molecule has 0 amide bonds. The molecule has 0 saturated heterocycles. The molecule has 0 aliphatic rings. The highest BCUT2D eigenvalue weighted by Gasteiger charge is 2.08. The monoisotopic (exact) mass is 354 g/mol. The molecule has 0 N–H and O–H groups in total. The lowest BCUT2D eigenvalue weighted by Gasteiger charge is -2.08. The highest BCUT2D eigenvalue weighted by Crippen LogP contribution is 2.16. The van der Waals surface area contributed by atoms with E-state index in [1.54, 1.807) is 42.7 Å². The summed E-state index contributed by atoms with van der Waals surface area (Å²) in [6, 6.07) is 16.1. The van der Waals surface area contributed by atoms with Crippen LogP contribution in [0, 0.1) is 0 Å². The number of ether oxygens (including phenoxy) is 3. The van der Waals surface area contributed by atoms with E-state index < -0.39 is 0 Å². The Bertz CT molecular complexity index is 662. The van der Waals surface area contributed by atoms with Crippen LogP contribution in [0.4, 0.5) is 0 Å². The maximum atomic E-state index is 12.1. The second kappa shape index (κ2) is 11.7. The second-order valence-electron chi connectivity index (χ2n) is 5.83. The fourth-order valence-corrected chi connectivity index (χ4v) is 2.34. The zero-order valence-electron chi connectivity index (χ0n) is 15.2. The van der Waals surface area contributed by atoms with E-state index in [1.807, 2.05) is 31.2 Å². The fourth-order valence-electron chi connectivity index (χ4n) is 2.34. The molecule has 26 heavy (non-hydrogen) atoms. The standard InChI is InChI=1S/C22H26O4/c1-2-16-24-17-8-3-4-9-18-25-20-14-12-19(13-15-20)22(23)26-21-10-6-5-7-11-21/h2,5-7,10-16H,3-4,8-9,17-18H2,1H3. The summed E-state index contributed by atoms with van der Waals surface area (Å²) in [5.41, 5.74) is 0.502. The van der Waals surface area contributed by atoms with Gasteiger partial charge < -0.3 is 14.2 Å². The van der Waals surface area contributed by atoms with Gasteiger partial charge in [0.15, 0.2) is 0 Å². The number of esters is 1. The molecular weight excluding hydrogens is 328 g/mol. The van der Waals surface area contributed by atoms with E-state index in [0.717, 1.165) is 38.0 Å². The average molecular weight is 354 g/mol. The SMILES string of the molecule is CC=COCCCCCCOc1ccc(C(=O)Oc2ccccc2)cc1. The molecule has 4 nitrogen and oxygen atoms in total. The maximum Gasteiger partial charge on any atom is 0.343 e. The van der Waals surface area contributed by atoms with Crippen molar-refractivity contribution in [2.75, 3.05) is 13.2 Å². The van der Waals surface area contributed by atoms with Gasteiger partial charge in [0.2, 0.25) is 0 Å². The van der Waals surface area contributed by atoms with Gasteiger partial charge in [0.1, 0.15) is 11.5 Å². The third-order valence-corrected chi connectivity index (χ3v) is 3.70. The van der Waals surface area contributed by atoms with E-state index in [9.17, 15) is 4.79 Å². The van der Waals surface area contributed by atoms with Crippen molar-refractivity contribution in [3.05, 3.63) is 72.5 Å². The molecule has 0 aromatic heterocycles. The fraction of sp³-hybridized carbons (Fsp3) is 0.318. The van der Waals surface area contributed by atoms with Crippen LogP contribution in [-0.4, -0.2) is 19.2 Å².